The highest BCUT2D eigenvalue weighted by molar-refractivity contribution is 7.16. The lowest BCUT2D eigenvalue weighted by molar-refractivity contribution is 0.0146. The first kappa shape index (κ1) is 18.9. The molecular weight excluding hydrogens is 310 g/mol. The number of hydrogen-bond acceptors (Lipinski definition) is 5. The Kier molecular flexibility index (Phi) is 12.1. The van der Waals surface area contributed by atoms with Crippen molar-refractivity contribution in [1.29, 1.82) is 0 Å². The van der Waals surface area contributed by atoms with Gasteiger partial charge in [0, 0.05) is 24.6 Å². The van der Waals surface area contributed by atoms with Crippen molar-refractivity contribution in [2.24, 2.45) is 0 Å². The predicted molar refractivity (Wildman–Crippen MR) is 88.4 cm³/mol. The molecule has 0 aliphatic rings. The minimum absolute atomic E-state index is 0.623. The van der Waals surface area contributed by atoms with E-state index in [0.717, 1.165) is 30.5 Å². The van der Waals surface area contributed by atoms with Crippen LogP contribution in [-0.4, -0.2) is 46.2 Å². The Balaban J connectivity index is 1.74. The smallest absolute Gasteiger partial charge is 0.0931 e. The Morgan fingerprint density at radius 2 is 1.67 bits per heavy atom. The van der Waals surface area contributed by atoms with Gasteiger partial charge in [-0.15, -0.1) is 11.3 Å². The summed E-state index contributed by atoms with van der Waals surface area (Å²) in [6.45, 7) is 7.91. The molecule has 1 N–H and O–H groups in total. The monoisotopic (exact) mass is 335 g/mol. The quantitative estimate of drug-likeness (QED) is 0.529. The number of rotatable bonds is 14. The van der Waals surface area contributed by atoms with Crippen LogP contribution in [0.15, 0.2) is 12.1 Å². The second-order valence-corrected chi connectivity index (χ2v) is 6.37. The minimum atomic E-state index is 0.623. The zero-order valence-electron chi connectivity index (χ0n) is 12.7. The third kappa shape index (κ3) is 11.1. The van der Waals surface area contributed by atoms with Crippen molar-refractivity contribution in [1.82, 2.24) is 5.32 Å². The molecule has 0 saturated heterocycles. The van der Waals surface area contributed by atoms with Gasteiger partial charge in [-0.1, -0.05) is 24.9 Å². The second kappa shape index (κ2) is 13.5. The van der Waals surface area contributed by atoms with E-state index in [1.165, 1.54) is 11.3 Å². The number of thiophene rings is 1. The SMILES string of the molecule is CCCCOCCOCCOCCNCc1ccc(Cl)s1. The molecule has 0 atom stereocenters. The normalized spacial score (nSPS) is 11.1. The molecule has 1 aromatic rings. The summed E-state index contributed by atoms with van der Waals surface area (Å²) in [6.07, 6.45) is 2.29. The zero-order chi connectivity index (χ0) is 15.2. The number of nitrogens with one attached hydrogen (secondary N) is 1. The van der Waals surface area contributed by atoms with Gasteiger partial charge in [0.1, 0.15) is 0 Å². The van der Waals surface area contributed by atoms with Gasteiger partial charge in [-0.25, -0.2) is 0 Å². The van der Waals surface area contributed by atoms with E-state index in [9.17, 15) is 0 Å². The summed E-state index contributed by atoms with van der Waals surface area (Å²) in [5.41, 5.74) is 0. The van der Waals surface area contributed by atoms with E-state index in [2.05, 4.69) is 12.2 Å². The molecule has 1 rings (SSSR count). The molecule has 0 fully saturated rings. The van der Waals surface area contributed by atoms with Gasteiger partial charge in [0.15, 0.2) is 0 Å². The molecule has 6 heteroatoms. The number of hydrogen-bond donors (Lipinski definition) is 1. The Bertz CT molecular complexity index is 349. The average Bonchev–Trinajstić information content (AvgIpc) is 2.89. The summed E-state index contributed by atoms with van der Waals surface area (Å²) in [7, 11) is 0. The van der Waals surface area contributed by atoms with E-state index in [1.54, 1.807) is 11.3 Å². The van der Waals surface area contributed by atoms with Crippen LogP contribution in [0.3, 0.4) is 0 Å². The third-order valence-corrected chi connectivity index (χ3v) is 3.97. The summed E-state index contributed by atoms with van der Waals surface area (Å²) in [6, 6.07) is 3.96. The molecule has 1 heterocycles. The molecular formula is C15H26ClNO3S. The fourth-order valence-corrected chi connectivity index (χ4v) is 2.65. The van der Waals surface area contributed by atoms with Crippen LogP contribution in [0.25, 0.3) is 0 Å². The Morgan fingerprint density at radius 1 is 1.00 bits per heavy atom. The maximum Gasteiger partial charge on any atom is 0.0931 e. The van der Waals surface area contributed by atoms with Crippen LogP contribution in [0.5, 0.6) is 0 Å². The van der Waals surface area contributed by atoms with Crippen molar-refractivity contribution in [3.63, 3.8) is 0 Å². The number of halogens is 1. The maximum atomic E-state index is 5.86. The maximum absolute atomic E-state index is 5.86. The lowest BCUT2D eigenvalue weighted by Gasteiger charge is -2.07. The van der Waals surface area contributed by atoms with Crippen LogP contribution >= 0.6 is 22.9 Å². The molecule has 0 saturated carbocycles. The summed E-state index contributed by atoms with van der Waals surface area (Å²) < 4.78 is 17.1. The summed E-state index contributed by atoms with van der Waals surface area (Å²) >= 11 is 7.46. The van der Waals surface area contributed by atoms with Crippen LogP contribution in [0, 0.1) is 0 Å². The molecule has 0 amide bonds. The molecule has 0 unspecified atom stereocenters. The lowest BCUT2D eigenvalue weighted by Crippen LogP contribution is -2.20. The summed E-state index contributed by atoms with van der Waals surface area (Å²) in [4.78, 5) is 1.24. The Labute approximate surface area is 136 Å². The van der Waals surface area contributed by atoms with E-state index >= 15 is 0 Å². The van der Waals surface area contributed by atoms with Crippen LogP contribution in [0.2, 0.25) is 4.34 Å². The van der Waals surface area contributed by atoms with Crippen LogP contribution < -0.4 is 5.32 Å². The van der Waals surface area contributed by atoms with E-state index in [4.69, 9.17) is 25.8 Å². The fourth-order valence-electron chi connectivity index (χ4n) is 1.59. The minimum Gasteiger partial charge on any atom is -0.379 e. The first-order valence-corrected chi connectivity index (χ1v) is 8.70. The highest BCUT2D eigenvalue weighted by atomic mass is 35.5. The van der Waals surface area contributed by atoms with Gasteiger partial charge in [0.25, 0.3) is 0 Å². The summed E-state index contributed by atoms with van der Waals surface area (Å²) in [5.74, 6) is 0. The van der Waals surface area contributed by atoms with E-state index in [-0.39, 0.29) is 0 Å². The van der Waals surface area contributed by atoms with Crippen molar-refractivity contribution >= 4 is 22.9 Å². The highest BCUT2D eigenvalue weighted by Gasteiger charge is 1.97. The van der Waals surface area contributed by atoms with E-state index in [0.29, 0.717) is 33.0 Å². The van der Waals surface area contributed by atoms with E-state index < -0.39 is 0 Å². The molecule has 1 aromatic heterocycles. The van der Waals surface area contributed by atoms with Crippen molar-refractivity contribution in [3.8, 4) is 0 Å². The molecule has 0 radical (unpaired) electrons. The summed E-state index contributed by atoms with van der Waals surface area (Å²) in [5, 5.41) is 3.31. The Morgan fingerprint density at radius 3 is 2.29 bits per heavy atom. The van der Waals surface area contributed by atoms with Gasteiger partial charge < -0.3 is 19.5 Å². The van der Waals surface area contributed by atoms with Gasteiger partial charge in [0.05, 0.1) is 37.4 Å². The molecule has 0 aromatic carbocycles. The zero-order valence-corrected chi connectivity index (χ0v) is 14.3. The van der Waals surface area contributed by atoms with Crippen LogP contribution in [-0.2, 0) is 20.8 Å². The molecule has 0 bridgehead atoms. The van der Waals surface area contributed by atoms with Gasteiger partial charge >= 0.3 is 0 Å². The average molecular weight is 336 g/mol. The number of unbranched alkanes of at least 4 members (excludes halogenated alkanes) is 1. The standard InChI is InChI=1S/C15H26ClNO3S/c1-2-3-7-18-9-11-20-12-10-19-8-6-17-13-14-4-5-15(16)21-14/h4-5,17H,2-3,6-13H2,1H3. The molecule has 21 heavy (non-hydrogen) atoms. The molecule has 0 spiro atoms. The predicted octanol–water partition coefficient (Wildman–Crippen LogP) is 3.34. The first-order chi connectivity index (χ1) is 10.3. The van der Waals surface area contributed by atoms with Crippen LogP contribution in [0.1, 0.15) is 24.6 Å². The first-order valence-electron chi connectivity index (χ1n) is 7.51. The van der Waals surface area contributed by atoms with Gasteiger partial charge in [-0.05, 0) is 18.6 Å². The second-order valence-electron chi connectivity index (χ2n) is 4.57. The highest BCUT2D eigenvalue weighted by Crippen LogP contribution is 2.20. The fraction of sp³-hybridized carbons (Fsp3) is 0.733. The van der Waals surface area contributed by atoms with Gasteiger partial charge in [-0.3, -0.25) is 0 Å². The largest absolute Gasteiger partial charge is 0.379 e. The lowest BCUT2D eigenvalue weighted by atomic mass is 10.4. The van der Waals surface area contributed by atoms with Crippen molar-refractivity contribution in [2.45, 2.75) is 26.3 Å². The van der Waals surface area contributed by atoms with Gasteiger partial charge in [-0.2, -0.15) is 0 Å². The molecule has 0 aliphatic carbocycles. The third-order valence-electron chi connectivity index (χ3n) is 2.74. The topological polar surface area (TPSA) is 39.7 Å². The van der Waals surface area contributed by atoms with Crippen molar-refractivity contribution in [2.75, 3.05) is 46.2 Å². The van der Waals surface area contributed by atoms with Gasteiger partial charge in [0.2, 0.25) is 0 Å². The number of ether oxygens (including phenoxy) is 3. The van der Waals surface area contributed by atoms with Crippen molar-refractivity contribution in [3.05, 3.63) is 21.3 Å². The Hall–Kier alpha value is -0.170. The molecule has 122 valence electrons. The van der Waals surface area contributed by atoms with Crippen LogP contribution in [0.4, 0.5) is 0 Å². The molecule has 4 nitrogen and oxygen atoms in total. The molecule has 0 aliphatic heterocycles. The van der Waals surface area contributed by atoms with Crippen molar-refractivity contribution < 1.29 is 14.2 Å². The van der Waals surface area contributed by atoms with E-state index in [1.807, 2.05) is 12.1 Å².